The van der Waals surface area contributed by atoms with E-state index in [1.54, 1.807) is 34.4 Å². The Morgan fingerprint density at radius 3 is 2.68 bits per heavy atom. The Labute approximate surface area is 148 Å². The second-order valence-corrected chi connectivity index (χ2v) is 6.63. The van der Waals surface area contributed by atoms with Crippen LogP contribution in [0.2, 0.25) is 0 Å². The van der Waals surface area contributed by atoms with Crippen LogP contribution in [-0.4, -0.2) is 40.9 Å². The van der Waals surface area contributed by atoms with Gasteiger partial charge in [0.15, 0.2) is 0 Å². The number of fused-ring (bicyclic) bond motifs is 1. The van der Waals surface area contributed by atoms with Crippen molar-refractivity contribution >= 4 is 28.3 Å². The van der Waals surface area contributed by atoms with E-state index >= 15 is 0 Å². The fourth-order valence-corrected chi connectivity index (χ4v) is 3.36. The number of carbonyl (C=O) groups is 1. The maximum Gasteiger partial charge on any atom is 0.337 e. The molecular weight excluding hydrogens is 342 g/mol. The lowest BCUT2D eigenvalue weighted by Crippen LogP contribution is -2.26. The molecule has 0 spiro atoms. The second kappa shape index (κ2) is 7.20. The van der Waals surface area contributed by atoms with Crippen LogP contribution in [0.1, 0.15) is 21.1 Å². The molecule has 3 aromatic rings. The van der Waals surface area contributed by atoms with Crippen molar-refractivity contribution in [3.05, 3.63) is 50.3 Å². The van der Waals surface area contributed by atoms with Gasteiger partial charge in [0, 0.05) is 12.5 Å². The first kappa shape index (κ1) is 17.4. The Morgan fingerprint density at radius 1 is 1.24 bits per heavy atom. The normalized spacial score (nSPS) is 11.2. The van der Waals surface area contributed by atoms with Gasteiger partial charge < -0.3 is 9.47 Å². The minimum Gasteiger partial charge on any atom is -0.465 e. The second-order valence-electron chi connectivity index (χ2n) is 5.57. The summed E-state index contributed by atoms with van der Waals surface area (Å²) in [7, 11) is 2.93. The Kier molecular flexibility index (Phi) is 5.00. The Bertz CT molecular complexity index is 970. The van der Waals surface area contributed by atoms with Gasteiger partial charge in [0.2, 0.25) is 0 Å². The van der Waals surface area contributed by atoms with Crippen molar-refractivity contribution in [2.45, 2.75) is 20.0 Å². The largest absolute Gasteiger partial charge is 0.465 e. The highest BCUT2D eigenvalue weighted by atomic mass is 32.1. The summed E-state index contributed by atoms with van der Waals surface area (Å²) in [6.07, 6.45) is 0. The molecule has 132 valence electrons. The van der Waals surface area contributed by atoms with Crippen LogP contribution in [0.3, 0.4) is 0 Å². The molecule has 0 radical (unpaired) electrons. The third-order valence-electron chi connectivity index (χ3n) is 3.95. The van der Waals surface area contributed by atoms with E-state index in [0.29, 0.717) is 30.8 Å². The summed E-state index contributed by atoms with van der Waals surface area (Å²) in [6.45, 7) is 3.14. The number of aryl methyl sites for hydroxylation is 1. The van der Waals surface area contributed by atoms with E-state index in [1.807, 2.05) is 12.3 Å². The summed E-state index contributed by atoms with van der Waals surface area (Å²) in [5.74, 6) is -0.435. The molecule has 25 heavy (non-hydrogen) atoms. The zero-order valence-corrected chi connectivity index (χ0v) is 15.1. The lowest BCUT2D eigenvalue weighted by Gasteiger charge is -2.03. The Morgan fingerprint density at radius 2 is 2.04 bits per heavy atom. The van der Waals surface area contributed by atoms with Gasteiger partial charge in [-0.25, -0.2) is 14.6 Å². The van der Waals surface area contributed by atoms with Gasteiger partial charge in [-0.3, -0.25) is 9.13 Å². The molecule has 2 heterocycles. The van der Waals surface area contributed by atoms with Crippen molar-refractivity contribution in [2.75, 3.05) is 20.8 Å². The van der Waals surface area contributed by atoms with Gasteiger partial charge in [-0.2, -0.15) is 0 Å². The molecular formula is C17H19N3O4S. The maximum atomic E-state index is 12.9. The predicted molar refractivity (Wildman–Crippen MR) is 95.4 cm³/mol. The molecule has 0 bridgehead atoms. The third kappa shape index (κ3) is 3.35. The Hall–Kier alpha value is -2.45. The molecule has 0 N–H and O–H groups in total. The zero-order valence-electron chi connectivity index (χ0n) is 14.3. The zero-order chi connectivity index (χ0) is 18.0. The number of hydrogen-bond donors (Lipinski definition) is 0. The van der Waals surface area contributed by atoms with E-state index in [0.717, 1.165) is 16.2 Å². The molecule has 1 aromatic carbocycles. The highest BCUT2D eigenvalue weighted by molar-refractivity contribution is 7.09. The first-order chi connectivity index (χ1) is 12.0. The molecule has 3 rings (SSSR count). The van der Waals surface area contributed by atoms with E-state index in [4.69, 9.17) is 9.47 Å². The molecule has 0 aliphatic carbocycles. The first-order valence-electron chi connectivity index (χ1n) is 7.76. The van der Waals surface area contributed by atoms with Crippen molar-refractivity contribution in [3.63, 3.8) is 0 Å². The fraction of sp³-hybridized carbons (Fsp3) is 0.353. The van der Waals surface area contributed by atoms with Crippen molar-refractivity contribution in [3.8, 4) is 0 Å². The van der Waals surface area contributed by atoms with Crippen molar-refractivity contribution in [1.82, 2.24) is 14.1 Å². The lowest BCUT2D eigenvalue weighted by molar-refractivity contribution is 0.0601. The highest BCUT2D eigenvalue weighted by Crippen LogP contribution is 2.18. The van der Waals surface area contributed by atoms with Crippen LogP contribution < -0.4 is 5.69 Å². The number of nitrogens with zero attached hydrogens (tertiary/aromatic N) is 3. The predicted octanol–water partition coefficient (Wildman–Crippen LogP) is 2.05. The minimum absolute atomic E-state index is 0.153. The van der Waals surface area contributed by atoms with E-state index in [-0.39, 0.29) is 5.69 Å². The number of rotatable bonds is 6. The van der Waals surface area contributed by atoms with Crippen LogP contribution in [0.15, 0.2) is 28.4 Å². The van der Waals surface area contributed by atoms with Gasteiger partial charge in [0.25, 0.3) is 0 Å². The van der Waals surface area contributed by atoms with Gasteiger partial charge in [0.1, 0.15) is 0 Å². The standard InChI is InChI=1S/C17H19N3O4S/c1-11-18-13(10-25-11)9-20-15-8-12(16(21)24-3)4-5-14(15)19(17(20)22)6-7-23-2/h4-5,8,10H,6-7,9H2,1-3H3. The topological polar surface area (TPSA) is 75.4 Å². The molecule has 0 aliphatic rings. The number of esters is 1. The molecule has 2 aromatic heterocycles. The van der Waals surface area contributed by atoms with Crippen LogP contribution in [0, 0.1) is 6.92 Å². The first-order valence-corrected chi connectivity index (χ1v) is 8.64. The average Bonchev–Trinajstić information content (AvgIpc) is 3.14. The van der Waals surface area contributed by atoms with Crippen LogP contribution >= 0.6 is 11.3 Å². The summed E-state index contributed by atoms with van der Waals surface area (Å²) >= 11 is 1.54. The van der Waals surface area contributed by atoms with E-state index in [2.05, 4.69) is 4.98 Å². The summed E-state index contributed by atoms with van der Waals surface area (Å²) < 4.78 is 13.2. The number of benzene rings is 1. The monoisotopic (exact) mass is 361 g/mol. The number of imidazole rings is 1. The van der Waals surface area contributed by atoms with Crippen LogP contribution in [0.25, 0.3) is 11.0 Å². The van der Waals surface area contributed by atoms with Crippen LogP contribution in [-0.2, 0) is 22.6 Å². The van der Waals surface area contributed by atoms with Gasteiger partial charge in [0.05, 0.1) is 54.1 Å². The molecule has 0 unspecified atom stereocenters. The molecule has 0 aliphatic heterocycles. The summed E-state index contributed by atoms with van der Waals surface area (Å²) in [5, 5.41) is 2.88. The molecule has 7 nitrogen and oxygen atoms in total. The van der Waals surface area contributed by atoms with Crippen LogP contribution in [0.5, 0.6) is 0 Å². The van der Waals surface area contributed by atoms with Gasteiger partial charge in [-0.1, -0.05) is 0 Å². The number of aromatic nitrogens is 3. The maximum absolute atomic E-state index is 12.9. The molecule has 0 atom stereocenters. The lowest BCUT2D eigenvalue weighted by atomic mass is 10.2. The molecule has 8 heteroatoms. The number of methoxy groups -OCH3 is 2. The van der Waals surface area contributed by atoms with Gasteiger partial charge >= 0.3 is 11.7 Å². The van der Waals surface area contributed by atoms with Gasteiger partial charge in [-0.05, 0) is 25.1 Å². The van der Waals surface area contributed by atoms with Crippen molar-refractivity contribution < 1.29 is 14.3 Å². The number of ether oxygens (including phenoxy) is 2. The number of hydrogen-bond acceptors (Lipinski definition) is 6. The van der Waals surface area contributed by atoms with E-state index in [9.17, 15) is 9.59 Å². The van der Waals surface area contributed by atoms with Gasteiger partial charge in [-0.15, -0.1) is 11.3 Å². The number of thiazole rings is 1. The van der Waals surface area contributed by atoms with E-state index in [1.165, 1.54) is 18.4 Å². The highest BCUT2D eigenvalue weighted by Gasteiger charge is 2.17. The summed E-state index contributed by atoms with van der Waals surface area (Å²) in [4.78, 5) is 29.2. The SMILES string of the molecule is COCCn1c(=O)n(Cc2csc(C)n2)c2cc(C(=O)OC)ccc21. The van der Waals surface area contributed by atoms with Crippen molar-refractivity contribution in [2.24, 2.45) is 0 Å². The average molecular weight is 361 g/mol. The molecule has 0 amide bonds. The fourth-order valence-electron chi connectivity index (χ4n) is 2.76. The molecule has 0 saturated heterocycles. The number of carbonyl (C=O) groups excluding carboxylic acids is 1. The minimum atomic E-state index is -0.435. The quantitative estimate of drug-likeness (QED) is 0.628. The Balaban J connectivity index is 2.15. The third-order valence-corrected chi connectivity index (χ3v) is 4.77. The molecule has 0 fully saturated rings. The van der Waals surface area contributed by atoms with E-state index < -0.39 is 5.97 Å². The smallest absolute Gasteiger partial charge is 0.337 e. The summed E-state index contributed by atoms with van der Waals surface area (Å²) in [6, 6.07) is 5.11. The van der Waals surface area contributed by atoms with Crippen LogP contribution in [0.4, 0.5) is 0 Å². The summed E-state index contributed by atoms with van der Waals surface area (Å²) in [5.41, 5.74) is 2.50. The van der Waals surface area contributed by atoms with Crippen molar-refractivity contribution in [1.29, 1.82) is 0 Å². The molecule has 0 saturated carbocycles.